The van der Waals surface area contributed by atoms with Gasteiger partial charge in [-0.05, 0) is 55.2 Å². The van der Waals surface area contributed by atoms with Crippen LogP contribution in [0.25, 0.3) is 10.9 Å². The number of rotatable bonds is 5. The Bertz CT molecular complexity index is 916. The summed E-state index contributed by atoms with van der Waals surface area (Å²) in [5.41, 5.74) is 3.37. The van der Waals surface area contributed by atoms with E-state index in [1.54, 1.807) is 13.1 Å². The van der Waals surface area contributed by atoms with Crippen molar-refractivity contribution in [2.45, 2.75) is 33.1 Å². The van der Waals surface area contributed by atoms with E-state index < -0.39 is 0 Å². The minimum Gasteiger partial charge on any atom is -0.320 e. The van der Waals surface area contributed by atoms with E-state index in [-0.39, 0.29) is 11.7 Å². The summed E-state index contributed by atoms with van der Waals surface area (Å²) >= 11 is 0. The molecule has 0 fully saturated rings. The van der Waals surface area contributed by atoms with E-state index in [0.29, 0.717) is 23.2 Å². The number of hydrogen-bond donors (Lipinski definition) is 1. The number of benzene rings is 2. The van der Waals surface area contributed by atoms with Gasteiger partial charge in [-0.3, -0.25) is 9.78 Å². The molecule has 1 amide bonds. The highest BCUT2D eigenvalue weighted by atomic mass is 19.1. The smallest absolute Gasteiger partial charge is 0.256 e. The molecule has 3 rings (SSSR count). The Hall–Kier alpha value is -2.75. The quantitative estimate of drug-likeness (QED) is 0.689. The number of para-hydroxylation sites is 1. The number of pyridine rings is 1. The SMILES string of the molecule is CCCCc1cc(F)cc(C)c1C(=O)Nc1cccc2cccnc12. The third-order valence-electron chi connectivity index (χ3n) is 4.29. The third-order valence-corrected chi connectivity index (χ3v) is 4.29. The van der Waals surface area contributed by atoms with Crippen LogP contribution in [-0.4, -0.2) is 10.9 Å². The monoisotopic (exact) mass is 336 g/mol. The topological polar surface area (TPSA) is 42.0 Å². The van der Waals surface area contributed by atoms with Gasteiger partial charge in [-0.25, -0.2) is 4.39 Å². The van der Waals surface area contributed by atoms with Crippen LogP contribution in [0.4, 0.5) is 10.1 Å². The lowest BCUT2D eigenvalue weighted by Gasteiger charge is -2.14. The number of fused-ring (bicyclic) bond motifs is 1. The molecular formula is C21H21FN2O. The summed E-state index contributed by atoms with van der Waals surface area (Å²) in [5.74, 6) is -0.520. The van der Waals surface area contributed by atoms with Crippen LogP contribution in [0, 0.1) is 12.7 Å². The second-order valence-electron chi connectivity index (χ2n) is 6.20. The zero-order valence-electron chi connectivity index (χ0n) is 14.5. The van der Waals surface area contributed by atoms with Crippen molar-refractivity contribution >= 4 is 22.5 Å². The van der Waals surface area contributed by atoms with Gasteiger partial charge in [-0.15, -0.1) is 0 Å². The van der Waals surface area contributed by atoms with Gasteiger partial charge in [0.15, 0.2) is 0 Å². The minimum atomic E-state index is -0.299. The van der Waals surface area contributed by atoms with Gasteiger partial charge >= 0.3 is 0 Å². The van der Waals surface area contributed by atoms with Gasteiger partial charge in [-0.1, -0.05) is 31.5 Å². The molecule has 25 heavy (non-hydrogen) atoms. The molecule has 128 valence electrons. The molecule has 3 nitrogen and oxygen atoms in total. The van der Waals surface area contributed by atoms with Gasteiger partial charge in [-0.2, -0.15) is 0 Å². The Labute approximate surface area is 146 Å². The molecule has 0 radical (unpaired) electrons. The molecule has 0 spiro atoms. The summed E-state index contributed by atoms with van der Waals surface area (Å²) in [4.78, 5) is 17.3. The molecule has 1 aromatic heterocycles. The molecular weight excluding hydrogens is 315 g/mol. The third kappa shape index (κ3) is 3.68. The number of carbonyl (C=O) groups excluding carboxylic acids is 1. The summed E-state index contributed by atoms with van der Waals surface area (Å²) < 4.78 is 13.8. The van der Waals surface area contributed by atoms with Crippen LogP contribution in [-0.2, 0) is 6.42 Å². The summed E-state index contributed by atoms with van der Waals surface area (Å²) in [5, 5.41) is 3.91. The first-order chi connectivity index (χ1) is 12.1. The number of aromatic nitrogens is 1. The number of hydrogen-bond acceptors (Lipinski definition) is 2. The number of amides is 1. The number of carbonyl (C=O) groups is 1. The fraction of sp³-hybridized carbons (Fsp3) is 0.238. The van der Waals surface area contributed by atoms with Crippen molar-refractivity contribution in [2.75, 3.05) is 5.32 Å². The van der Waals surface area contributed by atoms with Crippen molar-refractivity contribution in [2.24, 2.45) is 0 Å². The summed E-state index contributed by atoms with van der Waals surface area (Å²) in [7, 11) is 0. The Morgan fingerprint density at radius 2 is 2.00 bits per heavy atom. The largest absolute Gasteiger partial charge is 0.320 e. The first-order valence-corrected chi connectivity index (χ1v) is 8.54. The molecule has 4 heteroatoms. The van der Waals surface area contributed by atoms with Gasteiger partial charge in [0.2, 0.25) is 0 Å². The number of unbranched alkanes of at least 4 members (excludes halogenated alkanes) is 1. The highest BCUT2D eigenvalue weighted by molar-refractivity contribution is 6.09. The van der Waals surface area contributed by atoms with Gasteiger partial charge in [0, 0.05) is 17.1 Å². The molecule has 3 aromatic rings. The molecule has 1 N–H and O–H groups in total. The number of nitrogens with one attached hydrogen (secondary N) is 1. The van der Waals surface area contributed by atoms with Gasteiger partial charge in [0.05, 0.1) is 11.2 Å². The summed E-state index contributed by atoms with van der Waals surface area (Å²) in [6.07, 6.45) is 4.29. The highest BCUT2D eigenvalue weighted by Gasteiger charge is 2.17. The standard InChI is InChI=1S/C21H21FN2O/c1-3-4-7-16-13-17(22)12-14(2)19(16)21(25)24-18-10-5-8-15-9-6-11-23-20(15)18/h5-6,8-13H,3-4,7H2,1-2H3,(H,24,25). The van der Waals surface area contributed by atoms with Crippen molar-refractivity contribution in [3.63, 3.8) is 0 Å². The maximum Gasteiger partial charge on any atom is 0.256 e. The van der Waals surface area contributed by atoms with Crippen LogP contribution in [0.3, 0.4) is 0 Å². The van der Waals surface area contributed by atoms with Crippen LogP contribution < -0.4 is 5.32 Å². The fourth-order valence-corrected chi connectivity index (χ4v) is 3.09. The van der Waals surface area contributed by atoms with E-state index in [1.165, 1.54) is 12.1 Å². The van der Waals surface area contributed by atoms with Crippen LogP contribution in [0.1, 0.15) is 41.3 Å². The van der Waals surface area contributed by atoms with Gasteiger partial charge in [0.25, 0.3) is 5.91 Å². The molecule has 0 aliphatic rings. The second kappa shape index (κ2) is 7.43. The van der Waals surface area contributed by atoms with Crippen LogP contribution in [0.15, 0.2) is 48.7 Å². The van der Waals surface area contributed by atoms with E-state index in [2.05, 4.69) is 17.2 Å². The lowest BCUT2D eigenvalue weighted by atomic mass is 9.96. The molecule has 0 saturated carbocycles. The first-order valence-electron chi connectivity index (χ1n) is 8.54. The fourth-order valence-electron chi connectivity index (χ4n) is 3.09. The van der Waals surface area contributed by atoms with E-state index in [0.717, 1.165) is 29.3 Å². The zero-order valence-corrected chi connectivity index (χ0v) is 14.5. The summed E-state index contributed by atoms with van der Waals surface area (Å²) in [6, 6.07) is 12.4. The first kappa shape index (κ1) is 17.1. The molecule has 0 unspecified atom stereocenters. The lowest BCUT2D eigenvalue weighted by molar-refractivity contribution is 0.102. The Balaban J connectivity index is 1.98. The summed E-state index contributed by atoms with van der Waals surface area (Å²) in [6.45, 7) is 3.85. The van der Waals surface area contributed by atoms with Crippen molar-refractivity contribution in [3.05, 3.63) is 71.2 Å². The molecule has 1 heterocycles. The Morgan fingerprint density at radius 1 is 1.20 bits per heavy atom. The Morgan fingerprint density at radius 3 is 2.80 bits per heavy atom. The van der Waals surface area contributed by atoms with E-state index in [9.17, 15) is 9.18 Å². The predicted octanol–water partition coefficient (Wildman–Crippen LogP) is 5.28. The molecule has 0 aliphatic carbocycles. The average Bonchev–Trinajstić information content (AvgIpc) is 2.59. The van der Waals surface area contributed by atoms with Crippen molar-refractivity contribution < 1.29 is 9.18 Å². The molecule has 0 bridgehead atoms. The second-order valence-corrected chi connectivity index (χ2v) is 6.20. The van der Waals surface area contributed by atoms with E-state index in [4.69, 9.17) is 0 Å². The van der Waals surface area contributed by atoms with Gasteiger partial charge in [0.1, 0.15) is 5.82 Å². The van der Waals surface area contributed by atoms with Crippen LogP contribution >= 0.6 is 0 Å². The number of halogens is 1. The molecule has 0 saturated heterocycles. The number of aryl methyl sites for hydroxylation is 2. The van der Waals surface area contributed by atoms with Crippen molar-refractivity contribution in [1.82, 2.24) is 4.98 Å². The van der Waals surface area contributed by atoms with Crippen LogP contribution in [0.5, 0.6) is 0 Å². The predicted molar refractivity (Wildman–Crippen MR) is 99.4 cm³/mol. The maximum absolute atomic E-state index is 13.8. The van der Waals surface area contributed by atoms with E-state index >= 15 is 0 Å². The molecule has 2 aromatic carbocycles. The lowest BCUT2D eigenvalue weighted by Crippen LogP contribution is -2.17. The minimum absolute atomic E-state index is 0.221. The van der Waals surface area contributed by atoms with E-state index in [1.807, 2.05) is 30.3 Å². The maximum atomic E-state index is 13.8. The Kier molecular flexibility index (Phi) is 5.08. The molecule has 0 aliphatic heterocycles. The molecule has 0 atom stereocenters. The number of nitrogens with zero attached hydrogens (tertiary/aromatic N) is 1. The van der Waals surface area contributed by atoms with Crippen molar-refractivity contribution in [1.29, 1.82) is 0 Å². The van der Waals surface area contributed by atoms with Gasteiger partial charge < -0.3 is 5.32 Å². The average molecular weight is 336 g/mol. The highest BCUT2D eigenvalue weighted by Crippen LogP contribution is 2.24. The number of anilines is 1. The zero-order chi connectivity index (χ0) is 17.8. The van der Waals surface area contributed by atoms with Crippen LogP contribution in [0.2, 0.25) is 0 Å². The van der Waals surface area contributed by atoms with Crippen molar-refractivity contribution in [3.8, 4) is 0 Å². The normalized spacial score (nSPS) is 10.8.